The quantitative estimate of drug-likeness (QED) is 0.824. The second-order valence-electron chi connectivity index (χ2n) is 5.74. The van der Waals surface area contributed by atoms with Crippen molar-refractivity contribution < 1.29 is 0 Å². The molecule has 0 radical (unpaired) electrons. The van der Waals surface area contributed by atoms with Gasteiger partial charge in [0.2, 0.25) is 0 Å². The van der Waals surface area contributed by atoms with E-state index in [1.807, 2.05) is 0 Å². The lowest BCUT2D eigenvalue weighted by molar-refractivity contribution is 0.369. The van der Waals surface area contributed by atoms with Gasteiger partial charge in [-0.15, -0.1) is 0 Å². The number of para-hydroxylation sites is 1. The van der Waals surface area contributed by atoms with Crippen molar-refractivity contribution in [2.24, 2.45) is 5.92 Å². The highest BCUT2D eigenvalue weighted by Gasteiger charge is 2.16. The van der Waals surface area contributed by atoms with Crippen LogP contribution in [0.4, 0.5) is 0 Å². The number of rotatable bonds is 5. The predicted molar refractivity (Wildman–Crippen MR) is 78.9 cm³/mol. The van der Waals surface area contributed by atoms with Gasteiger partial charge in [-0.1, -0.05) is 45.9 Å². The molecule has 1 unspecified atom stereocenters. The number of hydrogen-bond donors (Lipinski definition) is 2. The zero-order valence-electron chi connectivity index (χ0n) is 11.8. The van der Waals surface area contributed by atoms with Crippen LogP contribution in [0, 0.1) is 5.92 Å². The second-order valence-corrected chi connectivity index (χ2v) is 5.74. The van der Waals surface area contributed by atoms with Gasteiger partial charge in [0.25, 0.3) is 0 Å². The maximum atomic E-state index is 3.67. The van der Waals surface area contributed by atoms with Gasteiger partial charge in [0.1, 0.15) is 0 Å². The van der Waals surface area contributed by atoms with Gasteiger partial charge < -0.3 is 10.3 Å². The Morgan fingerprint density at radius 3 is 2.50 bits per heavy atom. The lowest BCUT2D eigenvalue weighted by Crippen LogP contribution is -2.40. The third-order valence-corrected chi connectivity index (χ3v) is 3.47. The minimum Gasteiger partial charge on any atom is -0.361 e. The first kappa shape index (κ1) is 13.2. The van der Waals surface area contributed by atoms with E-state index >= 15 is 0 Å². The van der Waals surface area contributed by atoms with E-state index in [2.05, 4.69) is 68.5 Å². The van der Waals surface area contributed by atoms with Crippen LogP contribution in [0.5, 0.6) is 0 Å². The van der Waals surface area contributed by atoms with E-state index in [1.54, 1.807) is 0 Å². The van der Waals surface area contributed by atoms with Gasteiger partial charge in [-0.3, -0.25) is 0 Å². The van der Waals surface area contributed by atoms with Crippen LogP contribution in [0.15, 0.2) is 30.5 Å². The number of H-pyrrole nitrogens is 1. The van der Waals surface area contributed by atoms with Crippen LogP contribution in [0.1, 0.15) is 33.3 Å². The number of nitrogens with one attached hydrogen (secondary N) is 2. The Kier molecular flexibility index (Phi) is 4.07. The Balaban J connectivity index is 2.20. The summed E-state index contributed by atoms with van der Waals surface area (Å²) >= 11 is 0. The summed E-state index contributed by atoms with van der Waals surface area (Å²) in [5, 5.41) is 5.02. The molecule has 1 aromatic carbocycles. The molecular formula is C16H24N2. The molecule has 0 amide bonds. The summed E-state index contributed by atoms with van der Waals surface area (Å²) in [5.41, 5.74) is 2.65. The molecular weight excluding hydrogens is 220 g/mol. The van der Waals surface area contributed by atoms with Crippen LogP contribution in [0.25, 0.3) is 10.9 Å². The molecule has 0 bridgehead atoms. The van der Waals surface area contributed by atoms with Crippen molar-refractivity contribution in [1.82, 2.24) is 10.3 Å². The van der Waals surface area contributed by atoms with E-state index < -0.39 is 0 Å². The van der Waals surface area contributed by atoms with Crippen LogP contribution in [-0.4, -0.2) is 17.1 Å². The van der Waals surface area contributed by atoms with Gasteiger partial charge in [-0.05, 0) is 24.0 Å². The molecule has 98 valence electrons. The lowest BCUT2D eigenvalue weighted by Gasteiger charge is -2.24. The first-order valence-corrected chi connectivity index (χ1v) is 6.89. The molecule has 0 saturated carbocycles. The third-order valence-electron chi connectivity index (χ3n) is 3.47. The summed E-state index contributed by atoms with van der Waals surface area (Å²) in [4.78, 5) is 3.36. The van der Waals surface area contributed by atoms with Crippen LogP contribution in [-0.2, 0) is 6.42 Å². The summed E-state index contributed by atoms with van der Waals surface area (Å²) in [6.07, 6.45) is 3.24. The zero-order valence-corrected chi connectivity index (χ0v) is 11.8. The van der Waals surface area contributed by atoms with Crippen LogP contribution in [0.3, 0.4) is 0 Å². The first-order valence-electron chi connectivity index (χ1n) is 6.89. The van der Waals surface area contributed by atoms with Gasteiger partial charge in [-0.2, -0.15) is 0 Å². The minimum atomic E-state index is 0.530. The predicted octanol–water partition coefficient (Wildman–Crippen LogP) is 3.73. The zero-order chi connectivity index (χ0) is 13.1. The molecule has 0 aliphatic heterocycles. The maximum absolute atomic E-state index is 3.67. The molecule has 0 saturated heterocycles. The second kappa shape index (κ2) is 5.57. The topological polar surface area (TPSA) is 27.8 Å². The molecule has 0 fully saturated rings. The highest BCUT2D eigenvalue weighted by Crippen LogP contribution is 2.21. The Hall–Kier alpha value is -1.28. The van der Waals surface area contributed by atoms with E-state index in [4.69, 9.17) is 0 Å². The smallest absolute Gasteiger partial charge is 0.0456 e. The highest BCUT2D eigenvalue weighted by atomic mass is 14.9. The fraction of sp³-hybridized carbons (Fsp3) is 0.500. The normalized spacial score (nSPS) is 13.7. The summed E-state index contributed by atoms with van der Waals surface area (Å²) in [6.45, 7) is 9.00. The van der Waals surface area contributed by atoms with Gasteiger partial charge in [0.15, 0.2) is 0 Å². The standard InChI is InChI=1S/C16H24N2/c1-11(2)16(18-12(3)4)9-13-10-17-15-8-6-5-7-14(13)15/h5-8,10-12,16-18H,9H2,1-4H3. The largest absolute Gasteiger partial charge is 0.361 e. The number of fused-ring (bicyclic) bond motifs is 1. The molecule has 0 aliphatic rings. The number of aromatic nitrogens is 1. The fourth-order valence-electron chi connectivity index (χ4n) is 2.45. The highest BCUT2D eigenvalue weighted by molar-refractivity contribution is 5.83. The Morgan fingerprint density at radius 1 is 1.11 bits per heavy atom. The molecule has 1 atom stereocenters. The van der Waals surface area contributed by atoms with Crippen molar-refractivity contribution in [3.05, 3.63) is 36.0 Å². The summed E-state index contributed by atoms with van der Waals surface area (Å²) in [7, 11) is 0. The number of hydrogen-bond acceptors (Lipinski definition) is 1. The van der Waals surface area contributed by atoms with Gasteiger partial charge >= 0.3 is 0 Å². The molecule has 2 aromatic rings. The molecule has 1 heterocycles. The first-order chi connectivity index (χ1) is 8.58. The molecule has 2 nitrogen and oxygen atoms in total. The van der Waals surface area contributed by atoms with Crippen molar-refractivity contribution in [3.63, 3.8) is 0 Å². The minimum absolute atomic E-state index is 0.530. The van der Waals surface area contributed by atoms with Crippen molar-refractivity contribution in [2.45, 2.75) is 46.2 Å². The fourth-order valence-corrected chi connectivity index (χ4v) is 2.45. The molecule has 2 N–H and O–H groups in total. The monoisotopic (exact) mass is 244 g/mol. The number of aromatic amines is 1. The van der Waals surface area contributed by atoms with E-state index in [9.17, 15) is 0 Å². The van der Waals surface area contributed by atoms with Crippen LogP contribution < -0.4 is 5.32 Å². The van der Waals surface area contributed by atoms with E-state index in [-0.39, 0.29) is 0 Å². The molecule has 1 aromatic heterocycles. The van der Waals surface area contributed by atoms with Crippen LogP contribution >= 0.6 is 0 Å². The SMILES string of the molecule is CC(C)NC(Cc1c[nH]c2ccccc12)C(C)C. The maximum Gasteiger partial charge on any atom is 0.0456 e. The lowest BCUT2D eigenvalue weighted by atomic mass is 9.95. The van der Waals surface area contributed by atoms with Crippen molar-refractivity contribution >= 4 is 10.9 Å². The van der Waals surface area contributed by atoms with Gasteiger partial charge in [-0.25, -0.2) is 0 Å². The summed E-state index contributed by atoms with van der Waals surface area (Å²) in [5.74, 6) is 0.640. The van der Waals surface area contributed by atoms with E-state index in [1.165, 1.54) is 16.5 Å². The molecule has 2 heteroatoms. The van der Waals surface area contributed by atoms with E-state index in [0.29, 0.717) is 18.0 Å². The Labute approximate surface area is 110 Å². The molecule has 0 aliphatic carbocycles. The average Bonchev–Trinajstić information content (AvgIpc) is 2.71. The van der Waals surface area contributed by atoms with Crippen molar-refractivity contribution in [3.8, 4) is 0 Å². The van der Waals surface area contributed by atoms with Crippen molar-refractivity contribution in [2.75, 3.05) is 0 Å². The number of benzene rings is 1. The Morgan fingerprint density at radius 2 is 1.83 bits per heavy atom. The Bertz CT molecular complexity index is 497. The molecule has 18 heavy (non-hydrogen) atoms. The summed E-state index contributed by atoms with van der Waals surface area (Å²) in [6, 6.07) is 9.59. The van der Waals surface area contributed by atoms with Crippen molar-refractivity contribution in [1.29, 1.82) is 0 Å². The van der Waals surface area contributed by atoms with E-state index in [0.717, 1.165) is 6.42 Å². The third kappa shape index (κ3) is 2.94. The van der Waals surface area contributed by atoms with Gasteiger partial charge in [0.05, 0.1) is 0 Å². The molecule has 2 rings (SSSR count). The van der Waals surface area contributed by atoms with Gasteiger partial charge in [0, 0.05) is 29.2 Å². The van der Waals surface area contributed by atoms with Crippen LogP contribution in [0.2, 0.25) is 0 Å². The average molecular weight is 244 g/mol. The molecule has 0 spiro atoms. The summed E-state index contributed by atoms with van der Waals surface area (Å²) < 4.78 is 0.